The Bertz CT molecular complexity index is 681. The van der Waals surface area contributed by atoms with Crippen LogP contribution in [0.4, 0.5) is 18.9 Å². The number of carbonyl (C=O) groups excluding carboxylic acids is 1. The maximum Gasteiger partial charge on any atom is 0.417 e. The molecule has 2 aromatic rings. The number of amides is 1. The minimum atomic E-state index is -4.61. The molecule has 3 nitrogen and oxygen atoms in total. The van der Waals surface area contributed by atoms with Gasteiger partial charge in [-0.25, -0.2) is 0 Å². The smallest absolute Gasteiger partial charge is 0.389 e. The first-order chi connectivity index (χ1) is 9.79. The van der Waals surface area contributed by atoms with E-state index in [1.165, 1.54) is 17.4 Å². The Balaban J connectivity index is 2.34. The molecule has 0 spiro atoms. The fourth-order valence-corrected chi connectivity index (χ4v) is 2.48. The SMILES string of the molecule is NC(=S)c1ccc(NC(=O)c2ccsc2)cc1C(F)(F)F. The molecule has 0 aliphatic rings. The fourth-order valence-electron chi connectivity index (χ4n) is 1.67. The normalized spacial score (nSPS) is 11.2. The highest BCUT2D eigenvalue weighted by Crippen LogP contribution is 2.34. The highest BCUT2D eigenvalue weighted by Gasteiger charge is 2.34. The van der Waals surface area contributed by atoms with Crippen molar-refractivity contribution in [2.45, 2.75) is 6.18 Å². The van der Waals surface area contributed by atoms with Gasteiger partial charge in [-0.3, -0.25) is 4.79 Å². The van der Waals surface area contributed by atoms with Gasteiger partial charge >= 0.3 is 6.18 Å². The van der Waals surface area contributed by atoms with Gasteiger partial charge in [-0.2, -0.15) is 24.5 Å². The van der Waals surface area contributed by atoms with Gasteiger partial charge in [0.05, 0.1) is 11.1 Å². The van der Waals surface area contributed by atoms with E-state index in [2.05, 4.69) is 17.5 Å². The number of nitrogens with two attached hydrogens (primary N) is 1. The summed E-state index contributed by atoms with van der Waals surface area (Å²) in [5, 5.41) is 5.71. The topological polar surface area (TPSA) is 55.1 Å². The average molecular weight is 330 g/mol. The number of alkyl halides is 3. The molecule has 0 bridgehead atoms. The molecule has 0 atom stereocenters. The van der Waals surface area contributed by atoms with E-state index >= 15 is 0 Å². The van der Waals surface area contributed by atoms with Crippen LogP contribution >= 0.6 is 23.6 Å². The van der Waals surface area contributed by atoms with E-state index in [1.807, 2.05) is 0 Å². The number of thiophene rings is 1. The van der Waals surface area contributed by atoms with E-state index in [4.69, 9.17) is 5.73 Å². The second kappa shape index (κ2) is 5.82. The maximum atomic E-state index is 13.0. The van der Waals surface area contributed by atoms with Gasteiger partial charge in [0.15, 0.2) is 0 Å². The molecule has 1 amide bonds. The van der Waals surface area contributed by atoms with Crippen LogP contribution in [0.1, 0.15) is 21.5 Å². The standard InChI is InChI=1S/C13H9F3N2OS2/c14-13(15,16)10-5-8(1-2-9(10)11(17)20)18-12(19)7-3-4-21-6-7/h1-6H,(H2,17,20)(H,18,19). The minimum absolute atomic E-state index is 0.0264. The molecular weight excluding hydrogens is 321 g/mol. The van der Waals surface area contributed by atoms with Gasteiger partial charge in [-0.15, -0.1) is 0 Å². The molecule has 0 aliphatic carbocycles. The van der Waals surface area contributed by atoms with Gasteiger partial charge in [0.1, 0.15) is 4.99 Å². The van der Waals surface area contributed by atoms with E-state index in [0.29, 0.717) is 5.56 Å². The second-order valence-corrected chi connectivity index (χ2v) is 5.31. The fraction of sp³-hybridized carbons (Fsp3) is 0.0769. The maximum absolute atomic E-state index is 13.0. The van der Waals surface area contributed by atoms with E-state index in [-0.39, 0.29) is 16.2 Å². The predicted octanol–water partition coefficient (Wildman–Crippen LogP) is 3.65. The number of anilines is 1. The van der Waals surface area contributed by atoms with Crippen LogP contribution in [0.3, 0.4) is 0 Å². The Morgan fingerprint density at radius 2 is 2.00 bits per heavy atom. The summed E-state index contributed by atoms with van der Waals surface area (Å²) in [5.74, 6) is -0.479. The van der Waals surface area contributed by atoms with Gasteiger partial charge in [-0.05, 0) is 29.6 Å². The lowest BCUT2D eigenvalue weighted by Crippen LogP contribution is -2.19. The number of carbonyl (C=O) groups is 1. The van der Waals surface area contributed by atoms with Crippen LogP contribution in [0, 0.1) is 0 Å². The van der Waals surface area contributed by atoms with Gasteiger partial charge in [-0.1, -0.05) is 12.2 Å². The first-order valence-corrected chi connectivity index (χ1v) is 6.99. The summed E-state index contributed by atoms with van der Waals surface area (Å²) in [7, 11) is 0. The third-order valence-corrected chi connectivity index (χ3v) is 3.53. The van der Waals surface area contributed by atoms with Crippen LogP contribution < -0.4 is 11.1 Å². The van der Waals surface area contributed by atoms with Crippen LogP contribution in [-0.2, 0) is 6.18 Å². The van der Waals surface area contributed by atoms with Gasteiger partial charge in [0.25, 0.3) is 5.91 Å². The summed E-state index contributed by atoms with van der Waals surface area (Å²) in [4.78, 5) is 11.5. The van der Waals surface area contributed by atoms with Crippen molar-refractivity contribution in [1.29, 1.82) is 0 Å². The van der Waals surface area contributed by atoms with E-state index in [9.17, 15) is 18.0 Å². The third-order valence-electron chi connectivity index (χ3n) is 2.63. The summed E-state index contributed by atoms with van der Waals surface area (Å²) >= 11 is 5.92. The van der Waals surface area contributed by atoms with Gasteiger partial charge in [0.2, 0.25) is 0 Å². The minimum Gasteiger partial charge on any atom is -0.389 e. The van der Waals surface area contributed by atoms with Crippen LogP contribution in [0.25, 0.3) is 0 Å². The quantitative estimate of drug-likeness (QED) is 0.845. The Morgan fingerprint density at radius 1 is 1.29 bits per heavy atom. The molecule has 110 valence electrons. The molecule has 21 heavy (non-hydrogen) atoms. The monoisotopic (exact) mass is 330 g/mol. The lowest BCUT2D eigenvalue weighted by molar-refractivity contribution is -0.137. The summed E-state index contributed by atoms with van der Waals surface area (Å²) in [6.07, 6.45) is -4.61. The van der Waals surface area contributed by atoms with Crippen molar-refractivity contribution < 1.29 is 18.0 Å². The second-order valence-electron chi connectivity index (χ2n) is 4.09. The molecule has 3 N–H and O–H groups in total. The van der Waals surface area contributed by atoms with E-state index < -0.39 is 17.6 Å². The highest BCUT2D eigenvalue weighted by molar-refractivity contribution is 7.80. The molecule has 0 unspecified atom stereocenters. The van der Waals surface area contributed by atoms with Crippen molar-refractivity contribution in [2.24, 2.45) is 5.73 Å². The van der Waals surface area contributed by atoms with Crippen molar-refractivity contribution in [3.63, 3.8) is 0 Å². The van der Waals surface area contributed by atoms with Crippen molar-refractivity contribution in [2.75, 3.05) is 5.32 Å². The summed E-state index contributed by atoms with van der Waals surface area (Å²) in [5.41, 5.74) is 4.45. The Morgan fingerprint density at radius 3 is 2.52 bits per heavy atom. The lowest BCUT2D eigenvalue weighted by atomic mass is 10.1. The van der Waals surface area contributed by atoms with Crippen LogP contribution in [-0.4, -0.2) is 10.9 Å². The molecule has 1 aromatic carbocycles. The highest BCUT2D eigenvalue weighted by atomic mass is 32.1. The number of hydrogen-bond donors (Lipinski definition) is 2. The first kappa shape index (κ1) is 15.5. The lowest BCUT2D eigenvalue weighted by Gasteiger charge is -2.14. The molecular formula is C13H9F3N2OS2. The molecule has 1 heterocycles. The van der Waals surface area contributed by atoms with Crippen molar-refractivity contribution >= 4 is 40.1 Å². The van der Waals surface area contributed by atoms with Crippen molar-refractivity contribution in [1.82, 2.24) is 0 Å². The van der Waals surface area contributed by atoms with Crippen LogP contribution in [0.2, 0.25) is 0 Å². The zero-order valence-electron chi connectivity index (χ0n) is 10.4. The van der Waals surface area contributed by atoms with Gasteiger partial charge in [0, 0.05) is 16.6 Å². The van der Waals surface area contributed by atoms with Crippen molar-refractivity contribution in [3.8, 4) is 0 Å². The Kier molecular flexibility index (Phi) is 4.29. The summed E-state index contributed by atoms with van der Waals surface area (Å²) in [6.45, 7) is 0. The predicted molar refractivity (Wildman–Crippen MR) is 79.6 cm³/mol. The van der Waals surface area contributed by atoms with Crippen LogP contribution in [0.5, 0.6) is 0 Å². The van der Waals surface area contributed by atoms with E-state index in [0.717, 1.165) is 12.1 Å². The molecule has 2 rings (SSSR count). The molecule has 0 saturated heterocycles. The molecule has 0 saturated carbocycles. The molecule has 8 heteroatoms. The van der Waals surface area contributed by atoms with Gasteiger partial charge < -0.3 is 11.1 Å². The molecule has 0 fully saturated rings. The Hall–Kier alpha value is -1.93. The third kappa shape index (κ3) is 3.59. The number of halogens is 3. The first-order valence-electron chi connectivity index (χ1n) is 5.63. The zero-order chi connectivity index (χ0) is 15.6. The Labute approximate surface area is 127 Å². The number of thiocarbonyl (C=S) groups is 1. The number of hydrogen-bond acceptors (Lipinski definition) is 3. The number of nitrogens with one attached hydrogen (secondary N) is 1. The van der Waals surface area contributed by atoms with Crippen LogP contribution in [0.15, 0.2) is 35.0 Å². The summed E-state index contributed by atoms with van der Waals surface area (Å²) < 4.78 is 38.9. The average Bonchev–Trinajstić information content (AvgIpc) is 2.91. The van der Waals surface area contributed by atoms with Crippen molar-refractivity contribution in [3.05, 3.63) is 51.7 Å². The molecule has 1 aromatic heterocycles. The largest absolute Gasteiger partial charge is 0.417 e. The zero-order valence-corrected chi connectivity index (χ0v) is 12.0. The van der Waals surface area contributed by atoms with E-state index in [1.54, 1.807) is 16.8 Å². The molecule has 0 radical (unpaired) electrons. The number of benzene rings is 1. The number of rotatable bonds is 3. The summed E-state index contributed by atoms with van der Waals surface area (Å²) in [6, 6.07) is 4.87. The molecule has 0 aliphatic heterocycles.